The molecule has 3 N–H and O–H groups in total. The van der Waals surface area contributed by atoms with E-state index in [1.54, 1.807) is 0 Å². The van der Waals surface area contributed by atoms with Crippen LogP contribution in [0.15, 0.2) is 0 Å². The van der Waals surface area contributed by atoms with E-state index < -0.39 is 0 Å². The van der Waals surface area contributed by atoms with Gasteiger partial charge in [-0.2, -0.15) is 0 Å². The van der Waals surface area contributed by atoms with Crippen molar-refractivity contribution >= 4 is 5.91 Å². The van der Waals surface area contributed by atoms with Crippen LogP contribution in [0.1, 0.15) is 45.4 Å². The molecule has 4 heteroatoms. The molecule has 4 nitrogen and oxygen atoms in total. The van der Waals surface area contributed by atoms with E-state index in [-0.39, 0.29) is 17.9 Å². The minimum absolute atomic E-state index is 0.147. The van der Waals surface area contributed by atoms with Gasteiger partial charge in [0.1, 0.15) is 0 Å². The van der Waals surface area contributed by atoms with Crippen molar-refractivity contribution in [3.8, 4) is 0 Å². The van der Waals surface area contributed by atoms with Crippen LogP contribution in [0.2, 0.25) is 0 Å². The highest BCUT2D eigenvalue weighted by Gasteiger charge is 2.39. The van der Waals surface area contributed by atoms with E-state index in [9.17, 15) is 4.79 Å². The Kier molecular flexibility index (Phi) is 3.81. The predicted octanol–water partition coefficient (Wildman–Crippen LogP) is 1.10. The minimum Gasteiger partial charge on any atom is -0.352 e. The van der Waals surface area contributed by atoms with Crippen molar-refractivity contribution in [2.24, 2.45) is 17.6 Å². The molecule has 5 unspecified atom stereocenters. The van der Waals surface area contributed by atoms with E-state index in [0.29, 0.717) is 18.0 Å². The Balaban J connectivity index is 1.56. The first-order valence-corrected chi connectivity index (χ1v) is 7.93. The largest absolute Gasteiger partial charge is 0.352 e. The van der Waals surface area contributed by atoms with Crippen molar-refractivity contribution in [2.45, 2.75) is 63.6 Å². The van der Waals surface area contributed by atoms with Gasteiger partial charge in [0.2, 0.25) is 5.91 Å². The molecule has 1 amide bonds. The van der Waals surface area contributed by atoms with Gasteiger partial charge in [0, 0.05) is 30.6 Å². The van der Waals surface area contributed by atoms with Crippen LogP contribution in [0.3, 0.4) is 0 Å². The topological polar surface area (TPSA) is 58.4 Å². The number of carbonyl (C=O) groups is 1. The molecule has 0 aromatic rings. The van der Waals surface area contributed by atoms with E-state index in [1.165, 1.54) is 19.4 Å². The molecule has 0 spiro atoms. The van der Waals surface area contributed by atoms with Crippen LogP contribution in [-0.2, 0) is 4.79 Å². The quantitative estimate of drug-likeness (QED) is 0.786. The van der Waals surface area contributed by atoms with Gasteiger partial charge in [0.15, 0.2) is 0 Å². The van der Waals surface area contributed by atoms with Crippen LogP contribution >= 0.6 is 0 Å². The van der Waals surface area contributed by atoms with Crippen LogP contribution in [-0.4, -0.2) is 42.0 Å². The van der Waals surface area contributed by atoms with E-state index in [0.717, 1.165) is 32.2 Å². The maximum absolute atomic E-state index is 12.4. The lowest BCUT2D eigenvalue weighted by molar-refractivity contribution is -0.127. The molecule has 2 heterocycles. The fourth-order valence-electron chi connectivity index (χ4n) is 4.42. The molecular formula is C15H27N3O. The van der Waals surface area contributed by atoms with Gasteiger partial charge in [-0.05, 0) is 51.0 Å². The van der Waals surface area contributed by atoms with Crippen molar-refractivity contribution < 1.29 is 4.79 Å². The van der Waals surface area contributed by atoms with Gasteiger partial charge < -0.3 is 11.1 Å². The highest BCUT2D eigenvalue weighted by molar-refractivity contribution is 5.79. The normalized spacial score (nSPS) is 43.2. The van der Waals surface area contributed by atoms with Crippen molar-refractivity contribution in [3.05, 3.63) is 0 Å². The summed E-state index contributed by atoms with van der Waals surface area (Å²) in [6.45, 7) is 4.60. The van der Waals surface area contributed by atoms with Crippen molar-refractivity contribution in [1.29, 1.82) is 0 Å². The zero-order valence-electron chi connectivity index (χ0n) is 12.0. The number of hydrogen-bond donors (Lipinski definition) is 2. The number of amides is 1. The van der Waals surface area contributed by atoms with Gasteiger partial charge in [0.25, 0.3) is 0 Å². The maximum atomic E-state index is 12.4. The minimum atomic E-state index is 0.147. The van der Waals surface area contributed by atoms with Crippen molar-refractivity contribution in [1.82, 2.24) is 10.2 Å². The van der Waals surface area contributed by atoms with Crippen LogP contribution < -0.4 is 11.1 Å². The summed E-state index contributed by atoms with van der Waals surface area (Å²) in [5.74, 6) is 1.00. The standard InChI is InChI=1S/C15H27N3O/c1-10-7-11(9-12(16)8-10)15(19)17-13-4-6-18-5-2-3-14(13)18/h10-14H,2-9,16H2,1H3,(H,17,19). The molecule has 0 bridgehead atoms. The van der Waals surface area contributed by atoms with Gasteiger partial charge >= 0.3 is 0 Å². The molecule has 0 radical (unpaired) electrons. The summed E-state index contributed by atoms with van der Waals surface area (Å²) in [7, 11) is 0. The van der Waals surface area contributed by atoms with E-state index in [4.69, 9.17) is 5.73 Å². The second-order valence-electron chi connectivity index (χ2n) is 6.92. The lowest BCUT2D eigenvalue weighted by Crippen LogP contribution is -2.47. The Labute approximate surface area is 116 Å². The van der Waals surface area contributed by atoms with E-state index in [1.807, 2.05) is 0 Å². The summed E-state index contributed by atoms with van der Waals surface area (Å²) in [5, 5.41) is 3.32. The average molecular weight is 265 g/mol. The highest BCUT2D eigenvalue weighted by Crippen LogP contribution is 2.31. The second-order valence-corrected chi connectivity index (χ2v) is 6.92. The van der Waals surface area contributed by atoms with E-state index in [2.05, 4.69) is 17.1 Å². The predicted molar refractivity (Wildman–Crippen MR) is 75.6 cm³/mol. The fraction of sp³-hybridized carbons (Fsp3) is 0.933. The first-order valence-electron chi connectivity index (χ1n) is 7.93. The van der Waals surface area contributed by atoms with E-state index >= 15 is 0 Å². The molecule has 1 saturated carbocycles. The molecule has 0 aromatic heterocycles. The fourth-order valence-corrected chi connectivity index (χ4v) is 4.42. The summed E-state index contributed by atoms with van der Waals surface area (Å²) in [4.78, 5) is 15.0. The molecular weight excluding hydrogens is 238 g/mol. The third-order valence-electron chi connectivity index (χ3n) is 5.28. The Hall–Kier alpha value is -0.610. The monoisotopic (exact) mass is 265 g/mol. The number of rotatable bonds is 2. The van der Waals surface area contributed by atoms with Crippen LogP contribution in [0.25, 0.3) is 0 Å². The van der Waals surface area contributed by atoms with Gasteiger partial charge in [-0.1, -0.05) is 6.92 Å². The lowest BCUT2D eigenvalue weighted by Gasteiger charge is -2.32. The number of hydrogen-bond acceptors (Lipinski definition) is 3. The van der Waals surface area contributed by atoms with Gasteiger partial charge in [0.05, 0.1) is 0 Å². The van der Waals surface area contributed by atoms with Crippen LogP contribution in [0.4, 0.5) is 0 Å². The SMILES string of the molecule is CC1CC(N)CC(C(=O)NC2CCN3CCCC23)C1. The third-order valence-corrected chi connectivity index (χ3v) is 5.28. The molecule has 108 valence electrons. The lowest BCUT2D eigenvalue weighted by atomic mass is 9.79. The Morgan fingerprint density at radius 1 is 1.21 bits per heavy atom. The van der Waals surface area contributed by atoms with Gasteiger partial charge in [-0.25, -0.2) is 0 Å². The number of fused-ring (bicyclic) bond motifs is 1. The zero-order valence-corrected chi connectivity index (χ0v) is 12.0. The zero-order chi connectivity index (χ0) is 13.4. The third kappa shape index (κ3) is 2.79. The van der Waals surface area contributed by atoms with Crippen molar-refractivity contribution in [2.75, 3.05) is 13.1 Å². The molecule has 0 aromatic carbocycles. The Morgan fingerprint density at radius 3 is 2.84 bits per heavy atom. The highest BCUT2D eigenvalue weighted by atomic mass is 16.2. The summed E-state index contributed by atoms with van der Waals surface area (Å²) in [6, 6.07) is 1.22. The molecule has 19 heavy (non-hydrogen) atoms. The van der Waals surface area contributed by atoms with Crippen molar-refractivity contribution in [3.63, 3.8) is 0 Å². The molecule has 2 saturated heterocycles. The molecule has 3 fully saturated rings. The maximum Gasteiger partial charge on any atom is 0.223 e. The molecule has 5 atom stereocenters. The van der Waals surface area contributed by atoms with Gasteiger partial charge in [-0.15, -0.1) is 0 Å². The first kappa shape index (κ1) is 13.4. The second kappa shape index (κ2) is 5.41. The number of nitrogens with zero attached hydrogens (tertiary/aromatic N) is 1. The molecule has 1 aliphatic carbocycles. The summed E-state index contributed by atoms with van der Waals surface area (Å²) < 4.78 is 0. The van der Waals surface area contributed by atoms with Gasteiger partial charge in [-0.3, -0.25) is 9.69 Å². The molecule has 3 aliphatic rings. The number of nitrogens with one attached hydrogen (secondary N) is 1. The number of nitrogens with two attached hydrogens (primary N) is 1. The molecule has 2 aliphatic heterocycles. The Morgan fingerprint density at radius 2 is 2.05 bits per heavy atom. The first-order chi connectivity index (χ1) is 9.13. The smallest absolute Gasteiger partial charge is 0.223 e. The number of carbonyl (C=O) groups excluding carboxylic acids is 1. The Bertz CT molecular complexity index is 336. The average Bonchev–Trinajstić information content (AvgIpc) is 2.92. The van der Waals surface area contributed by atoms with Crippen LogP contribution in [0, 0.1) is 11.8 Å². The molecule has 3 rings (SSSR count). The summed E-state index contributed by atoms with van der Waals surface area (Å²) in [6.07, 6.45) is 6.64. The summed E-state index contributed by atoms with van der Waals surface area (Å²) >= 11 is 0. The van der Waals surface area contributed by atoms with Crippen LogP contribution in [0.5, 0.6) is 0 Å². The summed E-state index contributed by atoms with van der Waals surface area (Å²) in [5.41, 5.74) is 6.06.